The number of anilines is 1. The lowest BCUT2D eigenvalue weighted by Crippen LogP contribution is -2.24. The highest BCUT2D eigenvalue weighted by atomic mass is 32.2. The highest BCUT2D eigenvalue weighted by Crippen LogP contribution is 2.23. The van der Waals surface area contributed by atoms with Crippen molar-refractivity contribution in [1.82, 2.24) is 9.55 Å². The second-order valence-electron chi connectivity index (χ2n) is 6.80. The van der Waals surface area contributed by atoms with Crippen LogP contribution in [0.2, 0.25) is 0 Å². The predicted octanol–water partition coefficient (Wildman–Crippen LogP) is 4.12. The molecule has 2 heterocycles. The van der Waals surface area contributed by atoms with Gasteiger partial charge in [0.05, 0.1) is 36.6 Å². The number of thiophene rings is 1. The minimum Gasteiger partial charge on any atom is -0.497 e. The van der Waals surface area contributed by atoms with E-state index in [-0.39, 0.29) is 17.2 Å². The summed E-state index contributed by atoms with van der Waals surface area (Å²) in [5, 5.41) is 14.1. The molecule has 2 aromatic carbocycles. The van der Waals surface area contributed by atoms with Crippen molar-refractivity contribution in [3.8, 4) is 11.8 Å². The van der Waals surface area contributed by atoms with Gasteiger partial charge in [-0.3, -0.25) is 14.2 Å². The van der Waals surface area contributed by atoms with E-state index in [1.165, 1.54) is 23.1 Å². The highest BCUT2D eigenvalue weighted by molar-refractivity contribution is 7.99. The molecular weight excluding hydrogens is 444 g/mol. The molecule has 160 valence electrons. The molecule has 1 amide bonds. The fourth-order valence-electron chi connectivity index (χ4n) is 3.12. The number of benzene rings is 2. The monoisotopic (exact) mass is 462 g/mol. The normalized spacial score (nSPS) is 10.6. The predicted molar refractivity (Wildman–Crippen MR) is 126 cm³/mol. The number of fused-ring (bicyclic) bond motifs is 1. The number of ether oxygens (including phenoxy) is 1. The summed E-state index contributed by atoms with van der Waals surface area (Å²) in [6, 6.07) is 18.0. The van der Waals surface area contributed by atoms with Gasteiger partial charge < -0.3 is 10.1 Å². The Morgan fingerprint density at radius 1 is 1.25 bits per heavy atom. The number of hydrogen-bond donors (Lipinski definition) is 1. The van der Waals surface area contributed by atoms with Crippen LogP contribution >= 0.6 is 23.1 Å². The van der Waals surface area contributed by atoms with E-state index >= 15 is 0 Å². The molecule has 2 aromatic heterocycles. The lowest BCUT2D eigenvalue weighted by molar-refractivity contribution is -0.113. The maximum atomic E-state index is 13.1. The smallest absolute Gasteiger partial charge is 0.272 e. The van der Waals surface area contributed by atoms with E-state index in [0.29, 0.717) is 38.9 Å². The van der Waals surface area contributed by atoms with Crippen molar-refractivity contribution in [3.63, 3.8) is 0 Å². The molecule has 9 heteroatoms. The Morgan fingerprint density at radius 3 is 2.91 bits per heavy atom. The van der Waals surface area contributed by atoms with Crippen LogP contribution in [-0.4, -0.2) is 28.3 Å². The van der Waals surface area contributed by atoms with Crippen LogP contribution in [0.1, 0.15) is 11.1 Å². The van der Waals surface area contributed by atoms with Crippen molar-refractivity contribution in [2.45, 2.75) is 11.7 Å². The van der Waals surface area contributed by atoms with Crippen LogP contribution in [0.5, 0.6) is 5.75 Å². The lowest BCUT2D eigenvalue weighted by atomic mass is 10.2. The summed E-state index contributed by atoms with van der Waals surface area (Å²) in [6.07, 6.45) is 0. The number of nitriles is 1. The maximum absolute atomic E-state index is 13.1. The van der Waals surface area contributed by atoms with Gasteiger partial charge in [-0.15, -0.1) is 11.3 Å². The first-order valence-corrected chi connectivity index (χ1v) is 11.5. The number of thioether (sulfide) groups is 1. The molecule has 0 fully saturated rings. The average Bonchev–Trinajstić information content (AvgIpc) is 3.29. The largest absolute Gasteiger partial charge is 0.497 e. The summed E-state index contributed by atoms with van der Waals surface area (Å²) in [5.74, 6) is 0.517. The van der Waals surface area contributed by atoms with Gasteiger partial charge >= 0.3 is 0 Å². The molecule has 0 aliphatic heterocycles. The van der Waals surface area contributed by atoms with E-state index < -0.39 is 0 Å². The Kier molecular flexibility index (Phi) is 6.54. The van der Waals surface area contributed by atoms with Crippen molar-refractivity contribution in [3.05, 3.63) is 81.5 Å². The first-order chi connectivity index (χ1) is 15.6. The molecule has 0 radical (unpaired) electrons. The van der Waals surface area contributed by atoms with Gasteiger partial charge in [0.25, 0.3) is 5.56 Å². The Morgan fingerprint density at radius 2 is 2.09 bits per heavy atom. The Hall–Kier alpha value is -3.61. The van der Waals surface area contributed by atoms with Crippen LogP contribution in [0, 0.1) is 11.3 Å². The van der Waals surface area contributed by atoms with Crippen LogP contribution in [0.3, 0.4) is 0 Å². The molecule has 0 saturated carbocycles. The lowest BCUT2D eigenvalue weighted by Gasteiger charge is -2.13. The van der Waals surface area contributed by atoms with Gasteiger partial charge in [-0.1, -0.05) is 30.0 Å². The van der Waals surface area contributed by atoms with Gasteiger partial charge in [-0.2, -0.15) is 5.26 Å². The Balaban J connectivity index is 1.58. The molecule has 0 unspecified atom stereocenters. The fraction of sp³-hybridized carbons (Fsp3) is 0.130. The van der Waals surface area contributed by atoms with Crippen LogP contribution in [-0.2, 0) is 11.3 Å². The van der Waals surface area contributed by atoms with Crippen LogP contribution in [0.25, 0.3) is 10.2 Å². The van der Waals surface area contributed by atoms with Crippen LogP contribution < -0.4 is 15.6 Å². The molecule has 7 nitrogen and oxygen atoms in total. The zero-order valence-corrected chi connectivity index (χ0v) is 18.7. The van der Waals surface area contributed by atoms with E-state index in [1.807, 2.05) is 35.7 Å². The van der Waals surface area contributed by atoms with Gasteiger partial charge in [0.2, 0.25) is 5.91 Å². The Bertz CT molecular complexity index is 1390. The summed E-state index contributed by atoms with van der Waals surface area (Å²) in [7, 11) is 1.59. The molecule has 0 aliphatic rings. The van der Waals surface area contributed by atoms with E-state index in [4.69, 9.17) is 10.00 Å². The molecule has 4 aromatic rings. The zero-order chi connectivity index (χ0) is 22.5. The van der Waals surface area contributed by atoms with E-state index in [2.05, 4.69) is 10.3 Å². The number of amides is 1. The van der Waals surface area contributed by atoms with E-state index in [1.54, 1.807) is 42.0 Å². The minimum atomic E-state index is -0.252. The van der Waals surface area contributed by atoms with Gasteiger partial charge in [-0.25, -0.2) is 4.98 Å². The van der Waals surface area contributed by atoms with Crippen molar-refractivity contribution in [1.29, 1.82) is 5.26 Å². The molecule has 1 N–H and O–H groups in total. The quantitative estimate of drug-likeness (QED) is 0.328. The number of aromatic nitrogens is 2. The third kappa shape index (κ3) is 4.82. The molecule has 0 bridgehead atoms. The molecule has 4 rings (SSSR count). The topological polar surface area (TPSA) is 97.0 Å². The second-order valence-corrected chi connectivity index (χ2v) is 8.66. The van der Waals surface area contributed by atoms with Crippen LogP contribution in [0.4, 0.5) is 5.69 Å². The van der Waals surface area contributed by atoms with Crippen LogP contribution in [0.15, 0.2) is 69.9 Å². The molecule has 32 heavy (non-hydrogen) atoms. The second kappa shape index (κ2) is 9.68. The molecule has 0 atom stereocenters. The van der Waals surface area contributed by atoms with Crippen molar-refractivity contribution < 1.29 is 9.53 Å². The number of hydrogen-bond acceptors (Lipinski definition) is 7. The number of carbonyl (C=O) groups is 1. The molecular formula is C23H18N4O3S2. The third-order valence-electron chi connectivity index (χ3n) is 4.61. The van der Waals surface area contributed by atoms with Gasteiger partial charge in [0.1, 0.15) is 10.4 Å². The number of nitrogens with zero attached hydrogens (tertiary/aromatic N) is 3. The fourth-order valence-corrected chi connectivity index (χ4v) is 4.70. The average molecular weight is 463 g/mol. The number of nitrogens with one attached hydrogen (secondary N) is 1. The Labute approximate surface area is 192 Å². The van der Waals surface area contributed by atoms with Crippen molar-refractivity contribution in [2.24, 2.45) is 0 Å². The first kappa shape index (κ1) is 21.6. The molecule has 0 saturated heterocycles. The van der Waals surface area contributed by atoms with E-state index in [9.17, 15) is 9.59 Å². The van der Waals surface area contributed by atoms with Gasteiger partial charge in [0.15, 0.2) is 5.16 Å². The number of rotatable bonds is 7. The van der Waals surface area contributed by atoms with Crippen molar-refractivity contribution in [2.75, 3.05) is 18.2 Å². The van der Waals surface area contributed by atoms with Gasteiger partial charge in [-0.05, 0) is 47.3 Å². The standard InChI is InChI=1S/C23H18N4O3S2/c1-30-18-7-3-5-16(11-18)13-27-22(29)21-19(8-9-31-21)26-23(27)32-14-20(28)25-17-6-2-4-15(10-17)12-24/h2-11H,13-14H2,1H3,(H,25,28). The third-order valence-corrected chi connectivity index (χ3v) is 6.48. The first-order valence-electron chi connectivity index (χ1n) is 9.61. The number of carbonyl (C=O) groups excluding carboxylic acids is 1. The zero-order valence-electron chi connectivity index (χ0n) is 17.1. The summed E-state index contributed by atoms with van der Waals surface area (Å²) in [6.45, 7) is 0.311. The minimum absolute atomic E-state index is 0.0664. The molecule has 0 spiro atoms. The molecule has 0 aliphatic carbocycles. The SMILES string of the molecule is COc1cccc(Cn2c(SCC(=O)Nc3cccc(C#N)c3)nc3ccsc3c2=O)c1. The number of methoxy groups -OCH3 is 1. The maximum Gasteiger partial charge on any atom is 0.272 e. The van der Waals surface area contributed by atoms with E-state index in [0.717, 1.165) is 5.56 Å². The summed E-state index contributed by atoms with van der Waals surface area (Å²) < 4.78 is 7.45. The van der Waals surface area contributed by atoms with Crippen molar-refractivity contribution >= 4 is 44.9 Å². The summed E-state index contributed by atoms with van der Waals surface area (Å²) in [5.41, 5.74) is 2.38. The van der Waals surface area contributed by atoms with Gasteiger partial charge in [0, 0.05) is 5.69 Å². The highest BCUT2D eigenvalue weighted by Gasteiger charge is 2.15. The summed E-state index contributed by atoms with van der Waals surface area (Å²) in [4.78, 5) is 30.2. The summed E-state index contributed by atoms with van der Waals surface area (Å²) >= 11 is 2.54.